The molecular formula is C27H30N4O4S. The van der Waals surface area contributed by atoms with E-state index in [2.05, 4.69) is 23.1 Å². The molecule has 2 aromatic rings. The lowest BCUT2D eigenvalue weighted by atomic mass is 10.1. The van der Waals surface area contributed by atoms with Crippen LogP contribution in [0.4, 0.5) is 0 Å². The van der Waals surface area contributed by atoms with Crippen molar-refractivity contribution < 1.29 is 19.0 Å². The Morgan fingerprint density at radius 2 is 1.83 bits per heavy atom. The van der Waals surface area contributed by atoms with E-state index < -0.39 is 5.91 Å². The number of hydrazone groups is 1. The predicted molar refractivity (Wildman–Crippen MR) is 144 cm³/mol. The maximum Gasteiger partial charge on any atom is 0.283 e. The van der Waals surface area contributed by atoms with Crippen LogP contribution in [0.1, 0.15) is 42.9 Å². The Morgan fingerprint density at radius 3 is 2.58 bits per heavy atom. The topological polar surface area (TPSA) is 96.6 Å². The molecule has 9 heteroatoms. The molecule has 36 heavy (non-hydrogen) atoms. The Bertz CT molecular complexity index is 1270. The van der Waals surface area contributed by atoms with E-state index in [0.29, 0.717) is 35.4 Å². The van der Waals surface area contributed by atoms with Crippen molar-refractivity contribution in [2.24, 2.45) is 10.1 Å². The standard InChI is InChI=1S/C27H30N4O4S/c1-5-6-7-24-30-31-25(28)20(26(32)29-27(31)36-24)15-19-10-11-21(23(16-19)33-4)34-12-13-35-22-14-17(2)8-9-18(22)3/h8-11,14-16,28H,5-7,12-13H2,1-4H3. The minimum atomic E-state index is -0.450. The number of amidine groups is 2. The molecule has 0 fully saturated rings. The van der Waals surface area contributed by atoms with Gasteiger partial charge in [0.05, 0.1) is 12.7 Å². The lowest BCUT2D eigenvalue weighted by molar-refractivity contribution is -0.114. The summed E-state index contributed by atoms with van der Waals surface area (Å²) in [5, 5.41) is 15.8. The first-order chi connectivity index (χ1) is 17.4. The zero-order valence-electron chi connectivity index (χ0n) is 21.0. The molecule has 2 aliphatic rings. The summed E-state index contributed by atoms with van der Waals surface area (Å²) >= 11 is 1.36. The highest BCUT2D eigenvalue weighted by atomic mass is 32.2. The minimum Gasteiger partial charge on any atom is -0.493 e. The number of carbonyl (C=O) groups is 1. The summed E-state index contributed by atoms with van der Waals surface area (Å²) in [5.41, 5.74) is 3.09. The molecule has 2 aromatic carbocycles. The number of hydrogen-bond acceptors (Lipinski definition) is 7. The summed E-state index contributed by atoms with van der Waals surface area (Å²) < 4.78 is 17.2. The van der Waals surface area contributed by atoms with Gasteiger partial charge in [-0.15, -0.1) is 0 Å². The Balaban J connectivity index is 1.43. The van der Waals surface area contributed by atoms with Gasteiger partial charge >= 0.3 is 0 Å². The van der Waals surface area contributed by atoms with Gasteiger partial charge in [-0.25, -0.2) is 0 Å². The summed E-state index contributed by atoms with van der Waals surface area (Å²) in [6, 6.07) is 11.4. The molecule has 8 nitrogen and oxygen atoms in total. The number of unbranched alkanes of at least 4 members (excludes halogenated alkanes) is 1. The van der Waals surface area contributed by atoms with Crippen LogP contribution in [0.15, 0.2) is 52.1 Å². The number of thioether (sulfide) groups is 1. The minimum absolute atomic E-state index is 0.0203. The molecule has 0 atom stereocenters. The van der Waals surface area contributed by atoms with Crippen molar-refractivity contribution >= 4 is 39.8 Å². The van der Waals surface area contributed by atoms with Crippen molar-refractivity contribution in [3.05, 3.63) is 58.7 Å². The number of fused-ring (bicyclic) bond motifs is 1. The van der Waals surface area contributed by atoms with Gasteiger partial charge in [0.1, 0.15) is 24.0 Å². The second-order valence-electron chi connectivity index (χ2n) is 8.49. The normalized spacial score (nSPS) is 16.1. The molecule has 0 aromatic heterocycles. The van der Waals surface area contributed by atoms with E-state index >= 15 is 0 Å². The van der Waals surface area contributed by atoms with Crippen molar-refractivity contribution in [3.63, 3.8) is 0 Å². The number of benzene rings is 2. The molecule has 0 radical (unpaired) electrons. The summed E-state index contributed by atoms with van der Waals surface area (Å²) in [5.74, 6) is 1.50. The van der Waals surface area contributed by atoms with Crippen molar-refractivity contribution in [2.45, 2.75) is 40.0 Å². The first-order valence-corrected chi connectivity index (χ1v) is 12.7. The number of carbonyl (C=O) groups excluding carboxylic acids is 1. The molecule has 188 valence electrons. The second kappa shape index (κ2) is 11.4. The van der Waals surface area contributed by atoms with Crippen LogP contribution in [0.5, 0.6) is 17.2 Å². The van der Waals surface area contributed by atoms with E-state index in [0.717, 1.165) is 41.2 Å². The third-order valence-electron chi connectivity index (χ3n) is 5.68. The van der Waals surface area contributed by atoms with Gasteiger partial charge in [0.25, 0.3) is 5.91 Å². The van der Waals surface area contributed by atoms with E-state index in [1.165, 1.54) is 16.8 Å². The van der Waals surface area contributed by atoms with Crippen molar-refractivity contribution in [2.75, 3.05) is 20.3 Å². The smallest absolute Gasteiger partial charge is 0.283 e. The average Bonchev–Trinajstić information content (AvgIpc) is 3.28. The van der Waals surface area contributed by atoms with Crippen LogP contribution in [0.25, 0.3) is 6.08 Å². The van der Waals surface area contributed by atoms with Gasteiger partial charge in [0.15, 0.2) is 17.3 Å². The fourth-order valence-electron chi connectivity index (χ4n) is 3.69. The number of ether oxygens (including phenoxy) is 3. The molecule has 0 unspecified atom stereocenters. The van der Waals surface area contributed by atoms with E-state index in [1.54, 1.807) is 25.3 Å². The van der Waals surface area contributed by atoms with Crippen LogP contribution in [0.3, 0.4) is 0 Å². The number of aliphatic imine (C=N–C) groups is 1. The number of amides is 1. The van der Waals surface area contributed by atoms with Crippen molar-refractivity contribution in [3.8, 4) is 17.2 Å². The van der Waals surface area contributed by atoms with E-state index in [9.17, 15) is 4.79 Å². The van der Waals surface area contributed by atoms with Gasteiger partial charge in [0, 0.05) is 0 Å². The number of methoxy groups -OCH3 is 1. The maximum absolute atomic E-state index is 12.7. The van der Waals surface area contributed by atoms with Crippen LogP contribution >= 0.6 is 11.8 Å². The van der Waals surface area contributed by atoms with E-state index in [1.807, 2.05) is 32.0 Å². The lowest BCUT2D eigenvalue weighted by Crippen LogP contribution is -2.35. The summed E-state index contributed by atoms with van der Waals surface area (Å²) in [6.45, 7) is 6.88. The monoisotopic (exact) mass is 506 g/mol. The van der Waals surface area contributed by atoms with Crippen LogP contribution in [0.2, 0.25) is 0 Å². The number of hydrogen-bond donors (Lipinski definition) is 1. The van der Waals surface area contributed by atoms with E-state index in [-0.39, 0.29) is 11.4 Å². The highest BCUT2D eigenvalue weighted by Crippen LogP contribution is 2.32. The van der Waals surface area contributed by atoms with Gasteiger partial charge in [-0.2, -0.15) is 15.1 Å². The zero-order chi connectivity index (χ0) is 25.7. The van der Waals surface area contributed by atoms with Gasteiger partial charge in [-0.3, -0.25) is 10.2 Å². The molecule has 0 saturated carbocycles. The first kappa shape index (κ1) is 25.5. The Morgan fingerprint density at radius 1 is 1.06 bits per heavy atom. The summed E-state index contributed by atoms with van der Waals surface area (Å²) in [7, 11) is 1.56. The Labute approximate surface area is 215 Å². The molecule has 1 amide bonds. The largest absolute Gasteiger partial charge is 0.493 e. The third-order valence-corrected chi connectivity index (χ3v) is 6.65. The lowest BCUT2D eigenvalue weighted by Gasteiger charge is -2.20. The second-order valence-corrected chi connectivity index (χ2v) is 9.53. The van der Waals surface area contributed by atoms with Crippen LogP contribution in [-0.2, 0) is 4.79 Å². The third kappa shape index (κ3) is 5.79. The predicted octanol–water partition coefficient (Wildman–Crippen LogP) is 5.58. The molecule has 4 rings (SSSR count). The zero-order valence-corrected chi connectivity index (χ0v) is 21.8. The van der Waals surface area contributed by atoms with Crippen molar-refractivity contribution in [1.29, 1.82) is 5.41 Å². The quantitative estimate of drug-likeness (QED) is 0.334. The molecule has 0 aliphatic carbocycles. The van der Waals surface area contributed by atoms with Gasteiger partial charge in [-0.1, -0.05) is 31.5 Å². The number of rotatable bonds is 10. The fourth-order valence-corrected chi connectivity index (χ4v) is 4.61. The fraction of sp³-hybridized carbons (Fsp3) is 0.333. The molecule has 2 aliphatic heterocycles. The molecule has 2 heterocycles. The highest BCUT2D eigenvalue weighted by molar-refractivity contribution is 8.26. The molecule has 0 saturated heterocycles. The molecule has 0 bridgehead atoms. The van der Waals surface area contributed by atoms with Crippen LogP contribution < -0.4 is 14.2 Å². The highest BCUT2D eigenvalue weighted by Gasteiger charge is 2.35. The number of nitrogens with one attached hydrogen (secondary N) is 1. The first-order valence-electron chi connectivity index (χ1n) is 11.9. The summed E-state index contributed by atoms with van der Waals surface area (Å²) in [6.07, 6.45) is 4.49. The van der Waals surface area contributed by atoms with E-state index in [4.69, 9.17) is 19.6 Å². The maximum atomic E-state index is 12.7. The van der Waals surface area contributed by atoms with Crippen LogP contribution in [-0.4, -0.2) is 47.3 Å². The van der Waals surface area contributed by atoms with Crippen LogP contribution in [0, 0.1) is 19.3 Å². The summed E-state index contributed by atoms with van der Waals surface area (Å²) in [4.78, 5) is 16.8. The molecule has 0 spiro atoms. The molecular weight excluding hydrogens is 476 g/mol. The molecule has 1 N–H and O–H groups in total. The Hall–Kier alpha value is -3.59. The van der Waals surface area contributed by atoms with Gasteiger partial charge < -0.3 is 14.2 Å². The SMILES string of the molecule is CCCCC1=NN2C(=N)C(=Cc3ccc(OCCOc4cc(C)ccc4C)c(OC)c3)C(=O)N=C2S1. The Kier molecular flexibility index (Phi) is 8.10. The van der Waals surface area contributed by atoms with Crippen molar-refractivity contribution in [1.82, 2.24) is 5.01 Å². The van der Waals surface area contributed by atoms with Gasteiger partial charge in [-0.05, 0) is 79.4 Å². The number of nitrogens with zero attached hydrogens (tertiary/aromatic N) is 3. The number of aryl methyl sites for hydroxylation is 2. The average molecular weight is 507 g/mol. The van der Waals surface area contributed by atoms with Gasteiger partial charge in [0.2, 0.25) is 5.17 Å².